The highest BCUT2D eigenvalue weighted by atomic mass is 16.5. The van der Waals surface area contributed by atoms with Crippen LogP contribution in [0.15, 0.2) is 42.7 Å². The van der Waals surface area contributed by atoms with Crippen molar-refractivity contribution >= 4 is 11.7 Å². The normalized spacial score (nSPS) is 12.2. The highest BCUT2D eigenvalue weighted by molar-refractivity contribution is 5.79. The molecular weight excluding hydrogens is 254 g/mol. The number of carbonyl (C=O) groups excluding carboxylic acids is 1. The monoisotopic (exact) mass is 273 g/mol. The van der Waals surface area contributed by atoms with E-state index in [9.17, 15) is 4.79 Å². The molecule has 5 heteroatoms. The van der Waals surface area contributed by atoms with Gasteiger partial charge >= 0.3 is 5.97 Å². The molecule has 1 N–H and O–H groups in total. The van der Waals surface area contributed by atoms with Crippen LogP contribution < -0.4 is 5.32 Å². The van der Waals surface area contributed by atoms with Crippen molar-refractivity contribution in [3.63, 3.8) is 0 Å². The van der Waals surface area contributed by atoms with Crippen molar-refractivity contribution in [1.82, 2.24) is 9.78 Å². The molecule has 1 aromatic carbocycles. The van der Waals surface area contributed by atoms with Crippen molar-refractivity contribution in [3.05, 3.63) is 42.7 Å². The summed E-state index contributed by atoms with van der Waals surface area (Å²) in [6.45, 7) is 3.94. The van der Waals surface area contributed by atoms with E-state index in [4.69, 9.17) is 4.74 Å². The number of rotatable bonds is 5. The Hall–Kier alpha value is -2.30. The second-order valence-corrected chi connectivity index (χ2v) is 4.90. The van der Waals surface area contributed by atoms with Gasteiger partial charge in [0, 0.05) is 0 Å². The molecule has 1 atom stereocenters. The Morgan fingerprint density at radius 2 is 2.00 bits per heavy atom. The van der Waals surface area contributed by atoms with E-state index in [1.165, 1.54) is 7.11 Å². The van der Waals surface area contributed by atoms with Crippen LogP contribution >= 0.6 is 0 Å². The SMILES string of the molecule is COC(=O)C(Nc1cnn(-c2ccccc2)c1)C(C)C. The van der Waals surface area contributed by atoms with Crippen molar-refractivity contribution in [2.24, 2.45) is 5.92 Å². The van der Waals surface area contributed by atoms with Crippen molar-refractivity contribution in [3.8, 4) is 5.69 Å². The third-order valence-corrected chi connectivity index (χ3v) is 3.05. The Kier molecular flexibility index (Phi) is 4.40. The van der Waals surface area contributed by atoms with E-state index in [-0.39, 0.29) is 17.9 Å². The minimum Gasteiger partial charge on any atom is -0.467 e. The first-order valence-electron chi connectivity index (χ1n) is 6.56. The van der Waals surface area contributed by atoms with Gasteiger partial charge in [0.2, 0.25) is 0 Å². The van der Waals surface area contributed by atoms with Crippen LogP contribution in [0.5, 0.6) is 0 Å². The van der Waals surface area contributed by atoms with Gasteiger partial charge in [-0.2, -0.15) is 5.10 Å². The molecule has 1 heterocycles. The molecule has 0 amide bonds. The molecule has 0 aliphatic carbocycles. The van der Waals surface area contributed by atoms with Gasteiger partial charge in [0.05, 0.1) is 30.9 Å². The van der Waals surface area contributed by atoms with Gasteiger partial charge in [-0.1, -0.05) is 32.0 Å². The lowest BCUT2D eigenvalue weighted by Crippen LogP contribution is -2.35. The van der Waals surface area contributed by atoms with Crippen LogP contribution in [-0.2, 0) is 9.53 Å². The summed E-state index contributed by atoms with van der Waals surface area (Å²) in [6.07, 6.45) is 3.55. The second-order valence-electron chi connectivity index (χ2n) is 4.90. The standard InChI is InChI=1S/C15H19N3O2/c1-11(2)14(15(19)20-3)17-12-9-16-18(10-12)13-7-5-4-6-8-13/h4-11,14,17H,1-3H3. The minimum absolute atomic E-state index is 0.127. The summed E-state index contributed by atoms with van der Waals surface area (Å²) in [5.41, 5.74) is 1.76. The third kappa shape index (κ3) is 3.17. The number of hydrogen-bond donors (Lipinski definition) is 1. The molecule has 0 saturated heterocycles. The summed E-state index contributed by atoms with van der Waals surface area (Å²) in [5, 5.41) is 7.45. The van der Waals surface area contributed by atoms with Crippen LogP contribution in [0.25, 0.3) is 5.69 Å². The van der Waals surface area contributed by atoms with Crippen molar-refractivity contribution in [2.75, 3.05) is 12.4 Å². The molecule has 0 fully saturated rings. The summed E-state index contributed by atoms with van der Waals surface area (Å²) < 4.78 is 6.57. The van der Waals surface area contributed by atoms with E-state index in [0.717, 1.165) is 11.4 Å². The highest BCUT2D eigenvalue weighted by Gasteiger charge is 2.23. The zero-order valence-electron chi connectivity index (χ0n) is 11.9. The predicted molar refractivity (Wildman–Crippen MR) is 77.8 cm³/mol. The Morgan fingerprint density at radius 1 is 1.30 bits per heavy atom. The molecule has 0 aliphatic rings. The van der Waals surface area contributed by atoms with Gasteiger partial charge in [0.15, 0.2) is 0 Å². The number of nitrogens with one attached hydrogen (secondary N) is 1. The average Bonchev–Trinajstić information content (AvgIpc) is 2.93. The van der Waals surface area contributed by atoms with E-state index in [1.807, 2.05) is 50.4 Å². The summed E-state index contributed by atoms with van der Waals surface area (Å²) >= 11 is 0. The molecule has 106 valence electrons. The number of nitrogens with zero attached hydrogens (tertiary/aromatic N) is 2. The van der Waals surface area contributed by atoms with Gasteiger partial charge in [-0.15, -0.1) is 0 Å². The fourth-order valence-electron chi connectivity index (χ4n) is 1.92. The Bertz CT molecular complexity index is 564. The molecule has 5 nitrogen and oxygen atoms in total. The van der Waals surface area contributed by atoms with E-state index >= 15 is 0 Å². The molecule has 0 saturated carbocycles. The number of benzene rings is 1. The van der Waals surface area contributed by atoms with E-state index in [2.05, 4.69) is 10.4 Å². The number of esters is 1. The van der Waals surface area contributed by atoms with Crippen LogP contribution in [0.4, 0.5) is 5.69 Å². The quantitative estimate of drug-likeness (QED) is 0.850. The van der Waals surface area contributed by atoms with E-state index in [0.29, 0.717) is 0 Å². The van der Waals surface area contributed by atoms with Gasteiger partial charge < -0.3 is 10.1 Å². The van der Waals surface area contributed by atoms with Gasteiger partial charge in [0.25, 0.3) is 0 Å². The van der Waals surface area contributed by atoms with Gasteiger partial charge in [0.1, 0.15) is 6.04 Å². The average molecular weight is 273 g/mol. The molecule has 2 aromatic rings. The zero-order chi connectivity index (χ0) is 14.5. The van der Waals surface area contributed by atoms with Crippen molar-refractivity contribution in [1.29, 1.82) is 0 Å². The first-order chi connectivity index (χ1) is 9.61. The molecule has 2 rings (SSSR count). The lowest BCUT2D eigenvalue weighted by atomic mass is 10.0. The van der Waals surface area contributed by atoms with Crippen LogP contribution in [0.1, 0.15) is 13.8 Å². The molecular formula is C15H19N3O2. The van der Waals surface area contributed by atoms with Crippen molar-refractivity contribution in [2.45, 2.75) is 19.9 Å². The predicted octanol–water partition coefficient (Wildman–Crippen LogP) is 2.48. The van der Waals surface area contributed by atoms with Crippen LogP contribution in [0.2, 0.25) is 0 Å². The van der Waals surface area contributed by atoms with Crippen LogP contribution in [0.3, 0.4) is 0 Å². The lowest BCUT2D eigenvalue weighted by molar-refractivity contribution is -0.142. The summed E-state index contributed by atoms with van der Waals surface area (Å²) in [7, 11) is 1.40. The molecule has 20 heavy (non-hydrogen) atoms. The Balaban J connectivity index is 2.15. The number of hydrogen-bond acceptors (Lipinski definition) is 4. The maximum Gasteiger partial charge on any atom is 0.328 e. The fraction of sp³-hybridized carbons (Fsp3) is 0.333. The Morgan fingerprint density at radius 3 is 2.60 bits per heavy atom. The smallest absolute Gasteiger partial charge is 0.328 e. The van der Waals surface area contributed by atoms with Crippen molar-refractivity contribution < 1.29 is 9.53 Å². The van der Waals surface area contributed by atoms with E-state index < -0.39 is 0 Å². The Labute approximate surface area is 118 Å². The molecule has 0 aliphatic heterocycles. The van der Waals surface area contributed by atoms with Gasteiger partial charge in [-0.3, -0.25) is 0 Å². The van der Waals surface area contributed by atoms with Gasteiger partial charge in [-0.25, -0.2) is 9.48 Å². The molecule has 1 aromatic heterocycles. The number of para-hydroxylation sites is 1. The molecule has 0 bridgehead atoms. The molecule has 1 unspecified atom stereocenters. The van der Waals surface area contributed by atoms with Crippen LogP contribution in [0, 0.1) is 5.92 Å². The summed E-state index contributed by atoms with van der Waals surface area (Å²) in [6, 6.07) is 9.42. The molecule has 0 spiro atoms. The van der Waals surface area contributed by atoms with Crippen LogP contribution in [-0.4, -0.2) is 28.9 Å². The maximum absolute atomic E-state index is 11.7. The van der Waals surface area contributed by atoms with E-state index in [1.54, 1.807) is 10.9 Å². The summed E-state index contributed by atoms with van der Waals surface area (Å²) in [4.78, 5) is 11.7. The number of anilines is 1. The zero-order valence-corrected chi connectivity index (χ0v) is 11.9. The largest absolute Gasteiger partial charge is 0.467 e. The highest BCUT2D eigenvalue weighted by Crippen LogP contribution is 2.15. The lowest BCUT2D eigenvalue weighted by Gasteiger charge is -2.19. The number of carbonyl (C=O) groups is 1. The number of ether oxygens (including phenoxy) is 1. The molecule has 0 radical (unpaired) electrons. The maximum atomic E-state index is 11.7. The first-order valence-corrected chi connectivity index (χ1v) is 6.56. The minimum atomic E-state index is -0.381. The topological polar surface area (TPSA) is 56.1 Å². The number of methoxy groups -OCH3 is 1. The first kappa shape index (κ1) is 14.1. The van der Waals surface area contributed by atoms with Gasteiger partial charge in [-0.05, 0) is 18.1 Å². The fourth-order valence-corrected chi connectivity index (χ4v) is 1.92. The second kappa shape index (κ2) is 6.23. The summed E-state index contributed by atoms with van der Waals surface area (Å²) in [5.74, 6) is -0.144. The third-order valence-electron chi connectivity index (χ3n) is 3.05. The number of aromatic nitrogens is 2.